The molecule has 0 fully saturated rings. The predicted octanol–water partition coefficient (Wildman–Crippen LogP) is 3.67. The number of hydrogen-bond donors (Lipinski definition) is 1. The van der Waals surface area contributed by atoms with Gasteiger partial charge in [0.2, 0.25) is 0 Å². The fourth-order valence-corrected chi connectivity index (χ4v) is 2.91. The second-order valence-electron chi connectivity index (χ2n) is 6.06. The second-order valence-corrected chi connectivity index (χ2v) is 6.91. The van der Waals surface area contributed by atoms with Crippen LogP contribution in [0.2, 0.25) is 0 Å². The van der Waals surface area contributed by atoms with Crippen LogP contribution in [-0.2, 0) is 6.54 Å². The van der Waals surface area contributed by atoms with E-state index >= 15 is 0 Å². The molecule has 142 valence electrons. The molecule has 1 N–H and O–H groups in total. The molecule has 9 heteroatoms. The molecule has 1 aromatic heterocycles. The van der Waals surface area contributed by atoms with Crippen molar-refractivity contribution in [3.63, 3.8) is 0 Å². The van der Waals surface area contributed by atoms with E-state index in [4.69, 9.17) is 0 Å². The van der Waals surface area contributed by atoms with Gasteiger partial charge in [-0.2, -0.15) is 10.2 Å². The molecule has 0 saturated carbocycles. The van der Waals surface area contributed by atoms with Crippen molar-refractivity contribution < 1.29 is 9.72 Å². The van der Waals surface area contributed by atoms with E-state index in [0.29, 0.717) is 11.0 Å². The standard InChI is InChI=1S/C19H16BrN5O3/c1-13-2-4-14(5-3-13)10-21-22-19(26)18-17(20)12-24(23-18)11-15-6-8-16(9-7-15)25(27)28/h2-10,12H,11H2,1H3,(H,22,26)/b21-10-. The van der Waals surface area contributed by atoms with Crippen molar-refractivity contribution in [2.75, 3.05) is 0 Å². The Labute approximate surface area is 169 Å². The number of nitrogens with one attached hydrogen (secondary N) is 1. The maximum Gasteiger partial charge on any atom is 0.293 e. The van der Waals surface area contributed by atoms with E-state index in [2.05, 4.69) is 31.6 Å². The van der Waals surface area contributed by atoms with Gasteiger partial charge in [0.05, 0.1) is 22.2 Å². The summed E-state index contributed by atoms with van der Waals surface area (Å²) in [6, 6.07) is 13.9. The lowest BCUT2D eigenvalue weighted by Gasteiger charge is -2.01. The number of hydrazone groups is 1. The number of non-ortho nitro benzene ring substituents is 1. The van der Waals surface area contributed by atoms with Crippen LogP contribution in [0.3, 0.4) is 0 Å². The van der Waals surface area contributed by atoms with Gasteiger partial charge in [-0.1, -0.05) is 42.0 Å². The van der Waals surface area contributed by atoms with E-state index in [0.717, 1.165) is 16.7 Å². The van der Waals surface area contributed by atoms with Crippen molar-refractivity contribution in [2.24, 2.45) is 5.10 Å². The number of benzene rings is 2. The van der Waals surface area contributed by atoms with Crippen molar-refractivity contribution >= 4 is 33.7 Å². The number of hydrogen-bond acceptors (Lipinski definition) is 5. The van der Waals surface area contributed by atoms with Gasteiger partial charge in [-0.05, 0) is 34.0 Å². The van der Waals surface area contributed by atoms with Crippen molar-refractivity contribution in [1.82, 2.24) is 15.2 Å². The van der Waals surface area contributed by atoms with Crippen molar-refractivity contribution in [2.45, 2.75) is 13.5 Å². The molecular formula is C19H16BrN5O3. The summed E-state index contributed by atoms with van der Waals surface area (Å²) in [7, 11) is 0. The summed E-state index contributed by atoms with van der Waals surface area (Å²) in [5, 5.41) is 18.9. The van der Waals surface area contributed by atoms with E-state index < -0.39 is 10.8 Å². The maximum atomic E-state index is 12.3. The first kappa shape index (κ1) is 19.4. The highest BCUT2D eigenvalue weighted by molar-refractivity contribution is 9.10. The Kier molecular flexibility index (Phi) is 5.95. The van der Waals surface area contributed by atoms with E-state index in [1.807, 2.05) is 31.2 Å². The molecule has 1 heterocycles. The Hall–Kier alpha value is -3.33. The van der Waals surface area contributed by atoms with E-state index in [1.165, 1.54) is 12.1 Å². The number of aryl methyl sites for hydroxylation is 1. The molecule has 0 aliphatic rings. The molecule has 1 amide bonds. The zero-order valence-electron chi connectivity index (χ0n) is 14.9. The predicted molar refractivity (Wildman–Crippen MR) is 108 cm³/mol. The number of nitrogens with zero attached hydrogens (tertiary/aromatic N) is 4. The molecule has 0 spiro atoms. The fourth-order valence-electron chi connectivity index (χ4n) is 2.41. The van der Waals surface area contributed by atoms with Crippen LogP contribution in [0.1, 0.15) is 27.2 Å². The Morgan fingerprint density at radius 3 is 2.57 bits per heavy atom. The van der Waals surface area contributed by atoms with Crippen LogP contribution in [0.25, 0.3) is 0 Å². The van der Waals surface area contributed by atoms with Crippen LogP contribution < -0.4 is 5.43 Å². The second kappa shape index (κ2) is 8.57. The summed E-state index contributed by atoms with van der Waals surface area (Å²) in [6.45, 7) is 2.36. The van der Waals surface area contributed by atoms with Crippen molar-refractivity contribution in [1.29, 1.82) is 0 Å². The molecule has 2 aromatic carbocycles. The summed E-state index contributed by atoms with van der Waals surface area (Å²) >= 11 is 3.32. The molecule has 0 aliphatic carbocycles. The minimum Gasteiger partial charge on any atom is -0.266 e. The lowest BCUT2D eigenvalue weighted by molar-refractivity contribution is -0.384. The monoisotopic (exact) mass is 441 g/mol. The average Bonchev–Trinajstić information content (AvgIpc) is 3.04. The Balaban J connectivity index is 1.64. The largest absolute Gasteiger partial charge is 0.293 e. The summed E-state index contributed by atoms with van der Waals surface area (Å²) in [4.78, 5) is 22.6. The molecule has 0 unspecified atom stereocenters. The van der Waals surface area contributed by atoms with E-state index in [-0.39, 0.29) is 11.4 Å². The van der Waals surface area contributed by atoms with Crippen molar-refractivity contribution in [3.8, 4) is 0 Å². The molecule has 0 atom stereocenters. The van der Waals surface area contributed by atoms with E-state index in [1.54, 1.807) is 29.2 Å². The normalized spacial score (nSPS) is 10.9. The van der Waals surface area contributed by atoms with Gasteiger partial charge in [0.1, 0.15) is 0 Å². The first-order valence-corrected chi connectivity index (χ1v) is 9.08. The van der Waals surface area contributed by atoms with Gasteiger partial charge < -0.3 is 0 Å². The number of aromatic nitrogens is 2. The zero-order valence-corrected chi connectivity index (χ0v) is 16.5. The fraction of sp³-hybridized carbons (Fsp3) is 0.105. The van der Waals surface area contributed by atoms with Gasteiger partial charge in [0.15, 0.2) is 5.69 Å². The Morgan fingerprint density at radius 1 is 1.25 bits per heavy atom. The number of nitro groups is 1. The van der Waals surface area contributed by atoms with Crippen LogP contribution >= 0.6 is 15.9 Å². The molecule has 0 aliphatic heterocycles. The highest BCUT2D eigenvalue weighted by Crippen LogP contribution is 2.17. The lowest BCUT2D eigenvalue weighted by atomic mass is 10.2. The first-order valence-electron chi connectivity index (χ1n) is 8.29. The Bertz CT molecular complexity index is 1030. The molecule has 3 rings (SSSR count). The van der Waals surface area contributed by atoms with Crippen LogP contribution in [0.15, 0.2) is 64.3 Å². The molecule has 0 radical (unpaired) electrons. The van der Waals surface area contributed by atoms with Crippen LogP contribution in [0.4, 0.5) is 5.69 Å². The highest BCUT2D eigenvalue weighted by atomic mass is 79.9. The molecule has 0 saturated heterocycles. The first-order chi connectivity index (χ1) is 13.4. The van der Waals surface area contributed by atoms with E-state index in [9.17, 15) is 14.9 Å². The van der Waals surface area contributed by atoms with Gasteiger partial charge in [0, 0.05) is 18.3 Å². The van der Waals surface area contributed by atoms with Gasteiger partial charge in [-0.25, -0.2) is 5.43 Å². The third-order valence-corrected chi connectivity index (χ3v) is 4.46. The van der Waals surface area contributed by atoms with Gasteiger partial charge >= 0.3 is 0 Å². The summed E-state index contributed by atoms with van der Waals surface area (Å²) in [6.07, 6.45) is 3.22. The topological polar surface area (TPSA) is 102 Å². The summed E-state index contributed by atoms with van der Waals surface area (Å²) < 4.78 is 2.10. The lowest BCUT2D eigenvalue weighted by Crippen LogP contribution is -2.19. The maximum absolute atomic E-state index is 12.3. The van der Waals surface area contributed by atoms with Crippen molar-refractivity contribution in [3.05, 3.63) is 91.7 Å². The molecule has 28 heavy (non-hydrogen) atoms. The van der Waals surface area contributed by atoms with Gasteiger partial charge in [-0.15, -0.1) is 0 Å². The smallest absolute Gasteiger partial charge is 0.266 e. The summed E-state index contributed by atoms with van der Waals surface area (Å²) in [5.74, 6) is -0.447. The quantitative estimate of drug-likeness (QED) is 0.358. The minimum atomic E-state index is -0.451. The number of carbonyl (C=O) groups is 1. The number of amides is 1. The number of rotatable bonds is 6. The minimum absolute atomic E-state index is 0.0249. The SMILES string of the molecule is Cc1ccc(/C=N\NC(=O)c2nn(Cc3ccc([N+](=O)[O-])cc3)cc2Br)cc1. The third kappa shape index (κ3) is 4.89. The zero-order chi connectivity index (χ0) is 20.1. The van der Waals surface area contributed by atoms with Gasteiger partial charge in [-0.3, -0.25) is 19.6 Å². The average molecular weight is 442 g/mol. The number of carbonyl (C=O) groups excluding carboxylic acids is 1. The number of halogens is 1. The number of nitro benzene ring substituents is 1. The third-order valence-electron chi connectivity index (χ3n) is 3.88. The molecular weight excluding hydrogens is 426 g/mol. The molecule has 0 bridgehead atoms. The molecule has 8 nitrogen and oxygen atoms in total. The Morgan fingerprint density at radius 2 is 1.93 bits per heavy atom. The van der Waals surface area contributed by atoms with Gasteiger partial charge in [0.25, 0.3) is 11.6 Å². The highest BCUT2D eigenvalue weighted by Gasteiger charge is 2.15. The molecule has 3 aromatic rings. The van der Waals surface area contributed by atoms with Crippen LogP contribution in [0.5, 0.6) is 0 Å². The van der Waals surface area contributed by atoms with Crippen LogP contribution in [-0.4, -0.2) is 26.8 Å². The summed E-state index contributed by atoms with van der Waals surface area (Å²) in [5.41, 5.74) is 5.51. The van der Waals surface area contributed by atoms with Crippen LogP contribution in [0, 0.1) is 17.0 Å².